The van der Waals surface area contributed by atoms with E-state index >= 15 is 0 Å². The Morgan fingerprint density at radius 1 is 0.750 bits per heavy atom. The molecule has 8 aliphatic carbocycles. The third kappa shape index (κ3) is 0.316. The van der Waals surface area contributed by atoms with E-state index in [2.05, 4.69) is 24.3 Å². The molecule has 7 fully saturated rings. The first kappa shape index (κ1) is 7.03. The Bertz CT molecular complexity index is 474. The van der Waals surface area contributed by atoms with Gasteiger partial charge in [0.1, 0.15) is 0 Å². The van der Waals surface area contributed by atoms with Gasteiger partial charge in [0, 0.05) is 10.8 Å². The van der Waals surface area contributed by atoms with Gasteiger partial charge in [-0.25, -0.2) is 0 Å². The first-order chi connectivity index (χ1) is 7.91. The van der Waals surface area contributed by atoms with Crippen molar-refractivity contribution in [1.29, 1.82) is 0 Å². The Hall–Kier alpha value is -0.520. The maximum Gasteiger partial charge on any atom is 0.00467 e. The van der Waals surface area contributed by atoms with Gasteiger partial charge in [-0.2, -0.15) is 0 Å². The van der Waals surface area contributed by atoms with Crippen LogP contribution in [0.25, 0.3) is 0 Å². The molecule has 0 aromatic rings. The van der Waals surface area contributed by atoms with Gasteiger partial charge < -0.3 is 0 Å². The van der Waals surface area contributed by atoms with Crippen molar-refractivity contribution in [2.75, 3.05) is 0 Å². The van der Waals surface area contributed by atoms with Gasteiger partial charge >= 0.3 is 0 Å². The Labute approximate surface area is 95.8 Å². The van der Waals surface area contributed by atoms with Crippen LogP contribution in [0, 0.1) is 58.2 Å². The molecule has 0 nitrogen and oxygen atoms in total. The highest BCUT2D eigenvalue weighted by Crippen LogP contribution is 3.00. The van der Waals surface area contributed by atoms with Crippen molar-refractivity contribution in [3.8, 4) is 0 Å². The average Bonchev–Trinajstić information content (AvgIpc) is 2.93. The number of hydrogen-bond acceptors (Lipinski definition) is 0. The lowest BCUT2D eigenvalue weighted by molar-refractivity contribution is -0.116. The predicted molar refractivity (Wildman–Crippen MR) is 60.3 cm³/mol. The molecule has 16 heavy (non-hydrogen) atoms. The van der Waals surface area contributed by atoms with Crippen molar-refractivity contribution >= 4 is 0 Å². The normalized spacial score (nSPS) is 85.0. The second-order valence-electron chi connectivity index (χ2n) is 7.80. The summed E-state index contributed by atoms with van der Waals surface area (Å²) in [6.45, 7) is 0. The minimum Gasteiger partial charge on any atom is -0.0768 e. The van der Waals surface area contributed by atoms with Crippen LogP contribution in [0.4, 0.5) is 0 Å². The summed E-state index contributed by atoms with van der Waals surface area (Å²) in [6, 6.07) is 0. The molecule has 8 rings (SSSR count). The molecule has 0 saturated heterocycles. The number of rotatable bonds is 0. The first-order valence-electron chi connectivity index (χ1n) is 7.28. The van der Waals surface area contributed by atoms with Crippen LogP contribution < -0.4 is 0 Å². The molecule has 0 heteroatoms. The molecule has 0 aromatic carbocycles. The van der Waals surface area contributed by atoms with Gasteiger partial charge in [0.2, 0.25) is 0 Å². The molecule has 10 unspecified atom stereocenters. The van der Waals surface area contributed by atoms with Crippen LogP contribution in [-0.4, -0.2) is 0 Å². The van der Waals surface area contributed by atoms with Gasteiger partial charge in [0.25, 0.3) is 0 Å². The summed E-state index contributed by atoms with van der Waals surface area (Å²) in [6.07, 6.45) is 13.4. The van der Waals surface area contributed by atoms with Crippen LogP contribution in [0.15, 0.2) is 24.3 Å². The third-order valence-electron chi connectivity index (χ3n) is 8.66. The smallest absolute Gasteiger partial charge is 0.00467 e. The third-order valence-corrected chi connectivity index (χ3v) is 8.66. The van der Waals surface area contributed by atoms with E-state index in [-0.39, 0.29) is 0 Å². The minimum atomic E-state index is 0.716. The van der Waals surface area contributed by atoms with Crippen LogP contribution in [0.5, 0.6) is 0 Å². The van der Waals surface area contributed by atoms with Gasteiger partial charge in [-0.15, -0.1) is 0 Å². The monoisotopic (exact) mass is 208 g/mol. The van der Waals surface area contributed by atoms with E-state index in [0.717, 1.165) is 23.7 Å². The van der Waals surface area contributed by atoms with E-state index < -0.39 is 0 Å². The van der Waals surface area contributed by atoms with E-state index in [0.29, 0.717) is 10.8 Å². The summed E-state index contributed by atoms with van der Waals surface area (Å²) < 4.78 is 0. The second-order valence-corrected chi connectivity index (χ2v) is 7.80. The number of allylic oxidation sites excluding steroid dienone is 4. The highest BCUT2D eigenvalue weighted by molar-refractivity contribution is 5.52. The second kappa shape index (κ2) is 1.53. The van der Waals surface area contributed by atoms with Crippen LogP contribution in [0.3, 0.4) is 0 Å². The van der Waals surface area contributed by atoms with Crippen LogP contribution in [0.1, 0.15) is 12.8 Å². The molecule has 0 aliphatic heterocycles. The van der Waals surface area contributed by atoms with Crippen molar-refractivity contribution in [1.82, 2.24) is 0 Å². The van der Waals surface area contributed by atoms with Crippen molar-refractivity contribution in [3.05, 3.63) is 24.3 Å². The van der Waals surface area contributed by atoms with Gasteiger partial charge in [-0.05, 0) is 60.2 Å². The molecular weight excluding hydrogens is 192 g/mol. The van der Waals surface area contributed by atoms with E-state index in [1.165, 1.54) is 23.7 Å². The highest BCUT2D eigenvalue weighted by Gasteiger charge is 2.96. The molecule has 2 spiro atoms. The van der Waals surface area contributed by atoms with Crippen LogP contribution in [0.2, 0.25) is 0 Å². The Balaban J connectivity index is 1.73. The van der Waals surface area contributed by atoms with Gasteiger partial charge in [-0.3, -0.25) is 0 Å². The Morgan fingerprint density at radius 3 is 1.88 bits per heavy atom. The maximum atomic E-state index is 2.69. The summed E-state index contributed by atoms with van der Waals surface area (Å²) in [7, 11) is 0. The lowest BCUT2D eigenvalue weighted by Gasteiger charge is -2.64. The summed E-state index contributed by atoms with van der Waals surface area (Å²) in [5.74, 6) is 9.31. The van der Waals surface area contributed by atoms with E-state index in [1.807, 2.05) is 0 Å². The average molecular weight is 208 g/mol. The molecule has 0 radical (unpaired) electrons. The van der Waals surface area contributed by atoms with E-state index in [9.17, 15) is 0 Å². The Kier molecular flexibility index (Phi) is 0.672. The van der Waals surface area contributed by atoms with Crippen molar-refractivity contribution < 1.29 is 0 Å². The predicted octanol–water partition coefficient (Wildman–Crippen LogP) is 2.88. The van der Waals surface area contributed by atoms with Crippen molar-refractivity contribution in [2.45, 2.75) is 12.8 Å². The zero-order valence-electron chi connectivity index (χ0n) is 9.34. The molecule has 10 atom stereocenters. The molecule has 0 heterocycles. The van der Waals surface area contributed by atoms with Crippen molar-refractivity contribution in [2.24, 2.45) is 58.2 Å². The van der Waals surface area contributed by atoms with Crippen LogP contribution in [-0.2, 0) is 0 Å². The van der Waals surface area contributed by atoms with Crippen molar-refractivity contribution in [3.63, 3.8) is 0 Å². The summed E-state index contributed by atoms with van der Waals surface area (Å²) in [5.41, 5.74) is 1.43. The zero-order valence-corrected chi connectivity index (χ0v) is 9.34. The van der Waals surface area contributed by atoms with E-state index in [1.54, 1.807) is 12.8 Å². The fourth-order valence-electron chi connectivity index (χ4n) is 9.36. The highest BCUT2D eigenvalue weighted by atomic mass is 15.0. The molecule has 0 N–H and O–H groups in total. The molecule has 4 bridgehead atoms. The van der Waals surface area contributed by atoms with Gasteiger partial charge in [0.15, 0.2) is 0 Å². The molecule has 80 valence electrons. The fourth-order valence-corrected chi connectivity index (χ4v) is 9.36. The quantitative estimate of drug-likeness (QED) is 0.574. The van der Waals surface area contributed by atoms with Gasteiger partial charge in [0.05, 0.1) is 0 Å². The molecule has 0 aromatic heterocycles. The molecule has 8 aliphatic rings. The summed E-state index contributed by atoms with van der Waals surface area (Å²) in [5, 5.41) is 0. The SMILES string of the molecule is C1=CC23C4CC5C6C7CC(C64)C2C7C53C=C1. The fraction of sp³-hybridized carbons (Fsp3) is 0.750. The number of hydrogen-bond donors (Lipinski definition) is 0. The maximum absolute atomic E-state index is 2.69. The topological polar surface area (TPSA) is 0 Å². The Morgan fingerprint density at radius 2 is 1.31 bits per heavy atom. The largest absolute Gasteiger partial charge is 0.0768 e. The van der Waals surface area contributed by atoms with E-state index in [4.69, 9.17) is 0 Å². The molecular formula is C16H16. The first-order valence-corrected chi connectivity index (χ1v) is 7.28. The lowest BCUT2D eigenvalue weighted by atomic mass is 9.39. The summed E-state index contributed by atoms with van der Waals surface area (Å²) >= 11 is 0. The summed E-state index contributed by atoms with van der Waals surface area (Å²) in [4.78, 5) is 0. The minimum absolute atomic E-state index is 0.716. The molecule has 0 amide bonds. The zero-order chi connectivity index (χ0) is 9.86. The lowest BCUT2D eigenvalue weighted by Crippen LogP contribution is -2.61. The van der Waals surface area contributed by atoms with Gasteiger partial charge in [-0.1, -0.05) is 24.3 Å². The van der Waals surface area contributed by atoms with Crippen LogP contribution >= 0.6 is 0 Å². The molecule has 7 saturated carbocycles. The standard InChI is InChI=1S/C16H16/c1-2-4-16-10-6-9-11-7-5-8(12(10)11)14(16)13(7)15(9,16)3-1/h1-4,7-14H,5-6H2.